The van der Waals surface area contributed by atoms with Gasteiger partial charge in [-0.05, 0) is 36.8 Å². The van der Waals surface area contributed by atoms with Crippen molar-refractivity contribution in [2.24, 2.45) is 5.84 Å². The third-order valence-corrected chi connectivity index (χ3v) is 2.96. The van der Waals surface area contributed by atoms with Gasteiger partial charge in [-0.25, -0.2) is 0 Å². The third-order valence-electron chi connectivity index (χ3n) is 2.96. The molecule has 0 atom stereocenters. The van der Waals surface area contributed by atoms with Crippen LogP contribution >= 0.6 is 0 Å². The lowest BCUT2D eigenvalue weighted by molar-refractivity contribution is -0.384. The first-order valence-electron chi connectivity index (χ1n) is 6.14. The summed E-state index contributed by atoms with van der Waals surface area (Å²) in [5.74, 6) is 4.99. The van der Waals surface area contributed by atoms with Crippen molar-refractivity contribution in [1.29, 1.82) is 0 Å². The molecule has 0 radical (unpaired) electrons. The summed E-state index contributed by atoms with van der Waals surface area (Å²) in [6, 6.07) is 10.8. The van der Waals surface area contributed by atoms with Crippen molar-refractivity contribution in [3.05, 3.63) is 63.7 Å². The van der Waals surface area contributed by atoms with Crippen molar-refractivity contribution in [3.8, 4) is 0 Å². The molecule has 0 fully saturated rings. The Morgan fingerprint density at radius 2 is 2.00 bits per heavy atom. The number of nitrogens with one attached hydrogen (secondary N) is 2. The average Bonchev–Trinajstić information content (AvgIpc) is 2.47. The summed E-state index contributed by atoms with van der Waals surface area (Å²) < 4.78 is 0. The maximum atomic E-state index is 12.1. The highest BCUT2D eigenvalue weighted by Crippen LogP contribution is 2.19. The fourth-order valence-electron chi connectivity index (χ4n) is 1.87. The number of aryl methyl sites for hydroxylation is 1. The summed E-state index contributed by atoms with van der Waals surface area (Å²) in [4.78, 5) is 22.3. The first kappa shape index (κ1) is 14.5. The van der Waals surface area contributed by atoms with Crippen LogP contribution in [0.25, 0.3) is 0 Å². The summed E-state index contributed by atoms with van der Waals surface area (Å²) in [6.45, 7) is 1.82. The SMILES string of the molecule is Cc1cc(C(=O)Nc2cccc([N+](=O)[O-])c2)ccc1NN. The van der Waals surface area contributed by atoms with Crippen LogP contribution in [0.3, 0.4) is 0 Å². The Labute approximate surface area is 120 Å². The molecule has 2 rings (SSSR count). The second-order valence-corrected chi connectivity index (χ2v) is 4.44. The Hall–Kier alpha value is -2.93. The topological polar surface area (TPSA) is 110 Å². The van der Waals surface area contributed by atoms with Gasteiger partial charge >= 0.3 is 0 Å². The zero-order valence-corrected chi connectivity index (χ0v) is 11.3. The van der Waals surface area contributed by atoms with Crippen LogP contribution in [0.1, 0.15) is 15.9 Å². The standard InChI is InChI=1S/C14H14N4O3/c1-9-7-10(5-6-13(9)17-15)14(19)16-11-3-2-4-12(8-11)18(20)21/h2-8,17H,15H2,1H3,(H,16,19). The van der Waals surface area contributed by atoms with Crippen molar-refractivity contribution in [3.63, 3.8) is 0 Å². The van der Waals surface area contributed by atoms with Crippen LogP contribution in [-0.4, -0.2) is 10.8 Å². The highest BCUT2D eigenvalue weighted by molar-refractivity contribution is 6.04. The predicted molar refractivity (Wildman–Crippen MR) is 80.0 cm³/mol. The number of nitrogen functional groups attached to an aromatic ring is 1. The highest BCUT2D eigenvalue weighted by atomic mass is 16.6. The number of hydrogen-bond donors (Lipinski definition) is 3. The number of anilines is 2. The number of carbonyl (C=O) groups excluding carboxylic acids is 1. The molecule has 4 N–H and O–H groups in total. The van der Waals surface area contributed by atoms with Crippen molar-refractivity contribution >= 4 is 23.0 Å². The quantitative estimate of drug-likeness (QED) is 0.454. The van der Waals surface area contributed by atoms with E-state index in [0.29, 0.717) is 11.3 Å². The van der Waals surface area contributed by atoms with E-state index >= 15 is 0 Å². The fraction of sp³-hybridized carbons (Fsp3) is 0.0714. The number of hydrazine groups is 1. The predicted octanol–water partition coefficient (Wildman–Crippen LogP) is 2.44. The second kappa shape index (κ2) is 6.02. The van der Waals surface area contributed by atoms with Gasteiger partial charge in [0.15, 0.2) is 0 Å². The van der Waals surface area contributed by atoms with E-state index in [4.69, 9.17) is 5.84 Å². The van der Waals surface area contributed by atoms with Crippen molar-refractivity contribution < 1.29 is 9.72 Å². The molecule has 0 bridgehead atoms. The van der Waals surface area contributed by atoms with Crippen molar-refractivity contribution in [2.45, 2.75) is 6.92 Å². The lowest BCUT2D eigenvalue weighted by Gasteiger charge is -2.08. The van der Waals surface area contributed by atoms with E-state index in [-0.39, 0.29) is 11.6 Å². The van der Waals surface area contributed by atoms with Crippen LogP contribution < -0.4 is 16.6 Å². The molecule has 0 unspecified atom stereocenters. The van der Waals surface area contributed by atoms with E-state index in [1.54, 1.807) is 24.3 Å². The number of benzene rings is 2. The molecule has 108 valence electrons. The first-order chi connectivity index (χ1) is 10.0. The summed E-state index contributed by atoms with van der Waals surface area (Å²) in [7, 11) is 0. The van der Waals surface area contributed by atoms with Crippen LogP contribution in [0.4, 0.5) is 17.1 Å². The average molecular weight is 286 g/mol. The van der Waals surface area contributed by atoms with E-state index in [0.717, 1.165) is 11.3 Å². The van der Waals surface area contributed by atoms with E-state index < -0.39 is 4.92 Å². The number of nitrogens with two attached hydrogens (primary N) is 1. The Morgan fingerprint density at radius 1 is 1.24 bits per heavy atom. The smallest absolute Gasteiger partial charge is 0.271 e. The minimum atomic E-state index is -0.512. The first-order valence-corrected chi connectivity index (χ1v) is 6.14. The van der Waals surface area contributed by atoms with Gasteiger partial charge in [0.25, 0.3) is 11.6 Å². The number of non-ortho nitro benzene ring substituents is 1. The monoisotopic (exact) mass is 286 g/mol. The summed E-state index contributed by atoms with van der Waals surface area (Å²) in [5, 5.41) is 13.3. The summed E-state index contributed by atoms with van der Waals surface area (Å²) in [5.41, 5.74) is 4.81. The Bertz CT molecular complexity index is 700. The van der Waals surface area contributed by atoms with Crippen molar-refractivity contribution in [1.82, 2.24) is 0 Å². The van der Waals surface area contributed by atoms with Gasteiger partial charge in [0.1, 0.15) is 0 Å². The summed E-state index contributed by atoms with van der Waals surface area (Å²) in [6.07, 6.45) is 0. The van der Waals surface area contributed by atoms with Gasteiger partial charge in [-0.2, -0.15) is 0 Å². The fourth-order valence-corrected chi connectivity index (χ4v) is 1.87. The van der Waals surface area contributed by atoms with Gasteiger partial charge in [0, 0.05) is 23.4 Å². The molecule has 2 aromatic rings. The molecule has 21 heavy (non-hydrogen) atoms. The van der Waals surface area contributed by atoms with Crippen molar-refractivity contribution in [2.75, 3.05) is 10.7 Å². The minimum Gasteiger partial charge on any atom is -0.324 e. The van der Waals surface area contributed by atoms with E-state index in [2.05, 4.69) is 10.7 Å². The molecule has 0 saturated heterocycles. The number of nitro benzene ring substituents is 1. The Kier molecular flexibility index (Phi) is 4.15. The van der Waals surface area contributed by atoms with Gasteiger partial charge < -0.3 is 10.7 Å². The minimum absolute atomic E-state index is 0.0772. The Morgan fingerprint density at radius 3 is 2.62 bits per heavy atom. The molecule has 0 saturated carbocycles. The normalized spacial score (nSPS) is 10.0. The number of nitrogens with zero attached hydrogens (tertiary/aromatic N) is 1. The molecule has 0 aliphatic rings. The van der Waals surface area contributed by atoms with Gasteiger partial charge in [-0.1, -0.05) is 6.07 Å². The van der Waals surface area contributed by atoms with Crippen LogP contribution in [-0.2, 0) is 0 Å². The molecular formula is C14H14N4O3. The molecule has 7 heteroatoms. The lowest BCUT2D eigenvalue weighted by atomic mass is 10.1. The largest absolute Gasteiger partial charge is 0.324 e. The Balaban J connectivity index is 2.20. The number of amides is 1. The zero-order valence-electron chi connectivity index (χ0n) is 11.3. The lowest BCUT2D eigenvalue weighted by Crippen LogP contribution is -2.13. The number of carbonyl (C=O) groups is 1. The zero-order chi connectivity index (χ0) is 15.4. The highest BCUT2D eigenvalue weighted by Gasteiger charge is 2.10. The van der Waals surface area contributed by atoms with E-state index in [1.807, 2.05) is 6.92 Å². The van der Waals surface area contributed by atoms with Gasteiger partial charge in [-0.3, -0.25) is 20.8 Å². The molecule has 0 aromatic heterocycles. The third kappa shape index (κ3) is 3.34. The van der Waals surface area contributed by atoms with Crippen LogP contribution in [0.2, 0.25) is 0 Å². The molecule has 2 aromatic carbocycles. The maximum Gasteiger partial charge on any atom is 0.271 e. The summed E-state index contributed by atoms with van der Waals surface area (Å²) >= 11 is 0. The number of hydrogen-bond acceptors (Lipinski definition) is 5. The van der Waals surface area contributed by atoms with Crippen LogP contribution in [0, 0.1) is 17.0 Å². The van der Waals surface area contributed by atoms with Crippen LogP contribution in [0.5, 0.6) is 0 Å². The van der Waals surface area contributed by atoms with E-state index in [1.165, 1.54) is 18.2 Å². The second-order valence-electron chi connectivity index (χ2n) is 4.44. The molecule has 7 nitrogen and oxygen atoms in total. The van der Waals surface area contributed by atoms with Gasteiger partial charge in [0.2, 0.25) is 0 Å². The molecule has 1 amide bonds. The molecule has 0 aliphatic heterocycles. The maximum absolute atomic E-state index is 12.1. The molecule has 0 heterocycles. The van der Waals surface area contributed by atoms with Gasteiger partial charge in [0.05, 0.1) is 10.6 Å². The molecule has 0 aliphatic carbocycles. The number of nitro groups is 1. The molecule has 0 spiro atoms. The molecular weight excluding hydrogens is 272 g/mol. The van der Waals surface area contributed by atoms with E-state index in [9.17, 15) is 14.9 Å². The number of rotatable bonds is 4. The van der Waals surface area contributed by atoms with Gasteiger partial charge in [-0.15, -0.1) is 0 Å². The van der Waals surface area contributed by atoms with Crippen LogP contribution in [0.15, 0.2) is 42.5 Å².